The third-order valence-corrected chi connectivity index (χ3v) is 2.37. The molecule has 1 aromatic heterocycles. The van der Waals surface area contributed by atoms with Crippen LogP contribution in [0.25, 0.3) is 11.3 Å². The fraction of sp³-hybridized carbons (Fsp3) is 0.250. The summed E-state index contributed by atoms with van der Waals surface area (Å²) in [4.78, 5) is 5.15. The molecule has 0 atom stereocenters. The first-order valence-corrected chi connectivity index (χ1v) is 5.63. The first kappa shape index (κ1) is 13.4. The predicted molar refractivity (Wildman–Crippen MR) is 63.3 cm³/mol. The second-order valence-electron chi connectivity index (χ2n) is 3.79. The van der Waals surface area contributed by atoms with Gasteiger partial charge in [-0.25, -0.2) is 0 Å². The number of benzene rings is 1. The number of alkyl halides is 3. The lowest BCUT2D eigenvalue weighted by Gasteiger charge is -2.04. The maximum Gasteiger partial charge on any atom is 0.432 e. The summed E-state index contributed by atoms with van der Waals surface area (Å²) in [5.41, 5.74) is 2.63. The Morgan fingerprint density at radius 1 is 1.26 bits per heavy atom. The monoisotopic (exact) mass is 271 g/mol. The highest BCUT2D eigenvalue weighted by Crippen LogP contribution is 2.30. The van der Waals surface area contributed by atoms with Gasteiger partial charge in [-0.15, -0.1) is 0 Å². The van der Waals surface area contributed by atoms with Gasteiger partial charge in [0.25, 0.3) is 0 Å². The molecular weight excluding hydrogens is 259 g/mol. The number of halogens is 3. The molecule has 0 fully saturated rings. The van der Waals surface area contributed by atoms with Crippen molar-refractivity contribution in [3.63, 3.8) is 0 Å². The fourth-order valence-electron chi connectivity index (χ4n) is 1.46. The second-order valence-corrected chi connectivity index (χ2v) is 3.79. The smallest absolute Gasteiger partial charge is 0.409 e. The number of hydrogen-bond acceptors (Lipinski definition) is 3. The van der Waals surface area contributed by atoms with Crippen molar-refractivity contribution in [1.29, 1.82) is 0 Å². The minimum Gasteiger partial charge on any atom is -0.409 e. The number of nitrogens with one attached hydrogen (secondary N) is 2. The molecule has 2 rings (SSSR count). The van der Waals surface area contributed by atoms with Gasteiger partial charge in [-0.3, -0.25) is 5.10 Å². The molecule has 1 aromatic carbocycles. The van der Waals surface area contributed by atoms with Crippen LogP contribution >= 0.6 is 0 Å². The van der Waals surface area contributed by atoms with Crippen LogP contribution in [0.3, 0.4) is 0 Å². The zero-order valence-electron chi connectivity index (χ0n) is 10.1. The van der Waals surface area contributed by atoms with E-state index in [0.717, 1.165) is 6.07 Å². The van der Waals surface area contributed by atoms with Gasteiger partial charge in [0, 0.05) is 12.1 Å². The number of nitrogens with zero attached hydrogens (tertiary/aromatic N) is 1. The van der Waals surface area contributed by atoms with Crippen molar-refractivity contribution in [2.75, 3.05) is 6.54 Å². The molecule has 0 aliphatic heterocycles. The van der Waals surface area contributed by atoms with Crippen molar-refractivity contribution in [1.82, 2.24) is 15.7 Å². The van der Waals surface area contributed by atoms with Gasteiger partial charge in [-0.1, -0.05) is 0 Å². The minimum absolute atomic E-state index is 0.238. The number of hydrogen-bond donors (Lipinski definition) is 2. The highest BCUT2D eigenvalue weighted by Gasteiger charge is 2.33. The maximum atomic E-state index is 12.4. The molecule has 0 aliphatic carbocycles. The van der Waals surface area contributed by atoms with Gasteiger partial charge in [0.05, 0.1) is 5.69 Å². The topological polar surface area (TPSA) is 49.9 Å². The zero-order valence-corrected chi connectivity index (χ0v) is 10.1. The van der Waals surface area contributed by atoms with Crippen LogP contribution in [-0.4, -0.2) is 16.7 Å². The summed E-state index contributed by atoms with van der Waals surface area (Å²) in [5.74, 6) is 0.581. The number of aromatic amines is 1. The number of rotatable bonds is 4. The van der Waals surface area contributed by atoms with Crippen molar-refractivity contribution in [2.24, 2.45) is 0 Å². The predicted octanol–water partition coefficient (Wildman–Crippen LogP) is 3.00. The summed E-state index contributed by atoms with van der Waals surface area (Å²) in [6.07, 6.45) is -4.42. The molecule has 7 heteroatoms. The van der Waals surface area contributed by atoms with Crippen molar-refractivity contribution >= 4 is 0 Å². The molecular formula is C12H12F3N3O. The molecule has 4 nitrogen and oxygen atoms in total. The molecule has 2 aromatic rings. The van der Waals surface area contributed by atoms with Crippen molar-refractivity contribution in [2.45, 2.75) is 13.1 Å². The Kier molecular flexibility index (Phi) is 3.75. The van der Waals surface area contributed by atoms with Crippen LogP contribution in [0.4, 0.5) is 13.2 Å². The lowest BCUT2D eigenvalue weighted by molar-refractivity contribution is -0.141. The average molecular weight is 271 g/mol. The van der Waals surface area contributed by atoms with Crippen LogP contribution < -0.4 is 10.3 Å². The third kappa shape index (κ3) is 3.25. The summed E-state index contributed by atoms with van der Waals surface area (Å²) >= 11 is 0. The third-order valence-electron chi connectivity index (χ3n) is 2.37. The van der Waals surface area contributed by atoms with Crippen molar-refractivity contribution < 1.29 is 18.0 Å². The van der Waals surface area contributed by atoms with Gasteiger partial charge in [-0.2, -0.15) is 23.8 Å². The summed E-state index contributed by atoms with van der Waals surface area (Å²) in [7, 11) is 0. The molecule has 0 aliphatic rings. The Balaban J connectivity index is 2.16. The molecule has 0 spiro atoms. The Morgan fingerprint density at radius 3 is 2.47 bits per heavy atom. The Labute approximate surface area is 107 Å². The van der Waals surface area contributed by atoms with E-state index in [-0.39, 0.29) is 5.69 Å². The van der Waals surface area contributed by atoms with E-state index >= 15 is 0 Å². The summed E-state index contributed by atoms with van der Waals surface area (Å²) in [6.45, 7) is 2.53. The van der Waals surface area contributed by atoms with Crippen molar-refractivity contribution in [3.05, 3.63) is 36.0 Å². The van der Waals surface area contributed by atoms with Gasteiger partial charge >= 0.3 is 6.18 Å². The van der Waals surface area contributed by atoms with Crippen LogP contribution in [0.1, 0.15) is 12.6 Å². The summed E-state index contributed by atoms with van der Waals surface area (Å²) in [6, 6.07) is 7.56. The van der Waals surface area contributed by atoms with Crippen LogP contribution in [0.2, 0.25) is 0 Å². The van der Waals surface area contributed by atoms with E-state index in [1.807, 2.05) is 12.0 Å². The lowest BCUT2D eigenvalue weighted by Crippen LogP contribution is -2.16. The van der Waals surface area contributed by atoms with Crippen LogP contribution in [0.5, 0.6) is 5.75 Å². The first-order valence-electron chi connectivity index (χ1n) is 5.63. The van der Waals surface area contributed by atoms with Crippen LogP contribution in [0, 0.1) is 0 Å². The minimum atomic E-state index is -4.42. The molecule has 19 heavy (non-hydrogen) atoms. The standard InChI is InChI=1S/C12H12F3N3O/c1-2-16-19-9-5-3-8(4-6-9)10-7-11(18-17-10)12(13,14)15/h3-7,16H,2H2,1H3,(H,17,18). The molecule has 2 N–H and O–H groups in total. The SMILES string of the molecule is CCNOc1ccc(-c2cc(C(F)(F)F)[nH]n2)cc1. The molecule has 0 amide bonds. The van der Waals surface area contributed by atoms with E-state index in [0.29, 0.717) is 17.9 Å². The molecule has 0 radical (unpaired) electrons. The van der Waals surface area contributed by atoms with E-state index in [9.17, 15) is 13.2 Å². The van der Waals surface area contributed by atoms with E-state index < -0.39 is 11.9 Å². The van der Waals surface area contributed by atoms with E-state index in [1.165, 1.54) is 0 Å². The molecule has 0 bridgehead atoms. The molecule has 0 saturated heterocycles. The quantitative estimate of drug-likeness (QED) is 0.840. The summed E-state index contributed by atoms with van der Waals surface area (Å²) < 4.78 is 37.3. The second kappa shape index (κ2) is 5.31. The zero-order chi connectivity index (χ0) is 13.9. The first-order chi connectivity index (χ1) is 9.00. The van der Waals surface area contributed by atoms with Crippen LogP contribution in [-0.2, 0) is 6.18 Å². The van der Waals surface area contributed by atoms with Gasteiger partial charge in [0.15, 0.2) is 0 Å². The van der Waals surface area contributed by atoms with Gasteiger partial charge in [0.2, 0.25) is 0 Å². The number of aromatic nitrogens is 2. The Morgan fingerprint density at radius 2 is 1.95 bits per heavy atom. The molecule has 1 heterocycles. The largest absolute Gasteiger partial charge is 0.432 e. The van der Waals surface area contributed by atoms with E-state index in [4.69, 9.17) is 4.84 Å². The number of H-pyrrole nitrogens is 1. The highest BCUT2D eigenvalue weighted by atomic mass is 19.4. The summed E-state index contributed by atoms with van der Waals surface area (Å²) in [5, 5.41) is 5.62. The fourth-order valence-corrected chi connectivity index (χ4v) is 1.46. The van der Waals surface area contributed by atoms with E-state index in [1.54, 1.807) is 24.3 Å². The van der Waals surface area contributed by atoms with Gasteiger partial charge in [0.1, 0.15) is 11.4 Å². The normalized spacial score (nSPS) is 11.6. The molecule has 0 unspecified atom stereocenters. The van der Waals surface area contributed by atoms with Crippen LogP contribution in [0.15, 0.2) is 30.3 Å². The van der Waals surface area contributed by atoms with E-state index in [2.05, 4.69) is 10.6 Å². The highest BCUT2D eigenvalue weighted by molar-refractivity contribution is 5.60. The molecule has 102 valence electrons. The Hall–Kier alpha value is -2.02. The maximum absolute atomic E-state index is 12.4. The van der Waals surface area contributed by atoms with Gasteiger partial charge in [-0.05, 0) is 37.3 Å². The molecule has 0 saturated carbocycles. The lowest BCUT2D eigenvalue weighted by atomic mass is 10.1. The number of hydroxylamine groups is 1. The van der Waals surface area contributed by atoms with Gasteiger partial charge < -0.3 is 4.84 Å². The Bertz CT molecular complexity index is 534. The average Bonchev–Trinajstić information content (AvgIpc) is 2.86. The van der Waals surface area contributed by atoms with Crippen molar-refractivity contribution in [3.8, 4) is 17.0 Å².